The SMILES string of the molecule is COc1cc(Cc2cnc(/N=C3\C(=O)N(CN4CCN(c5ccc([N+](=O)[O-])cc5)CC4)c4ccc(Cl)cc43)nc2N)cc(OC)c1OC. The lowest BCUT2D eigenvalue weighted by Gasteiger charge is -2.37. The Morgan fingerprint density at radius 2 is 1.67 bits per heavy atom. The highest BCUT2D eigenvalue weighted by Crippen LogP contribution is 2.39. The number of piperazine rings is 1. The predicted molar refractivity (Wildman–Crippen MR) is 182 cm³/mol. The Hall–Kier alpha value is -5.47. The lowest BCUT2D eigenvalue weighted by Crippen LogP contribution is -2.51. The van der Waals surface area contributed by atoms with E-state index in [4.69, 9.17) is 31.5 Å². The number of hydrogen-bond donors (Lipinski definition) is 1. The number of rotatable bonds is 10. The summed E-state index contributed by atoms with van der Waals surface area (Å²) in [7, 11) is 4.64. The molecule has 2 aliphatic rings. The molecule has 2 aliphatic heterocycles. The number of aromatic nitrogens is 2. The number of amides is 1. The summed E-state index contributed by atoms with van der Waals surface area (Å²) in [5.74, 6) is 1.49. The van der Waals surface area contributed by atoms with Crippen LogP contribution < -0.4 is 29.7 Å². The second-order valence-electron chi connectivity index (χ2n) is 11.2. The first-order chi connectivity index (χ1) is 23.2. The van der Waals surface area contributed by atoms with Crippen molar-refractivity contribution in [2.45, 2.75) is 6.42 Å². The summed E-state index contributed by atoms with van der Waals surface area (Å²) in [6.07, 6.45) is 1.98. The van der Waals surface area contributed by atoms with Gasteiger partial charge in [-0.3, -0.25) is 24.7 Å². The van der Waals surface area contributed by atoms with Gasteiger partial charge in [0.1, 0.15) is 11.5 Å². The summed E-state index contributed by atoms with van der Waals surface area (Å²) in [4.78, 5) is 43.8. The minimum atomic E-state index is -0.410. The molecule has 14 nitrogen and oxygen atoms in total. The van der Waals surface area contributed by atoms with E-state index in [1.54, 1.807) is 62.8 Å². The summed E-state index contributed by atoms with van der Waals surface area (Å²) in [5.41, 5.74) is 10.3. The Labute approximate surface area is 281 Å². The smallest absolute Gasteiger partial charge is 0.278 e. The highest BCUT2D eigenvalue weighted by Gasteiger charge is 2.36. The van der Waals surface area contributed by atoms with Gasteiger partial charge in [-0.2, -0.15) is 4.98 Å². The molecular formula is C33H33ClN8O6. The van der Waals surface area contributed by atoms with Crippen molar-refractivity contribution >= 4 is 52.0 Å². The highest BCUT2D eigenvalue weighted by molar-refractivity contribution is 6.55. The Balaban J connectivity index is 1.18. The van der Waals surface area contributed by atoms with Gasteiger partial charge in [-0.05, 0) is 48.0 Å². The van der Waals surface area contributed by atoms with Crippen molar-refractivity contribution in [3.05, 3.63) is 92.6 Å². The number of benzene rings is 3. The monoisotopic (exact) mass is 672 g/mol. The van der Waals surface area contributed by atoms with Crippen molar-refractivity contribution in [2.24, 2.45) is 4.99 Å². The topological polar surface area (TPSA) is 162 Å². The fourth-order valence-corrected chi connectivity index (χ4v) is 6.00. The van der Waals surface area contributed by atoms with E-state index >= 15 is 0 Å². The summed E-state index contributed by atoms with van der Waals surface area (Å²) < 4.78 is 16.3. The summed E-state index contributed by atoms with van der Waals surface area (Å²) in [6.45, 7) is 3.11. The molecule has 0 unspecified atom stereocenters. The molecule has 0 spiro atoms. The molecule has 1 saturated heterocycles. The van der Waals surface area contributed by atoms with Gasteiger partial charge in [0.15, 0.2) is 11.5 Å². The lowest BCUT2D eigenvalue weighted by molar-refractivity contribution is -0.384. The van der Waals surface area contributed by atoms with Crippen LogP contribution in [0, 0.1) is 10.1 Å². The average molecular weight is 673 g/mol. The first kappa shape index (κ1) is 32.5. The third-order valence-electron chi connectivity index (χ3n) is 8.31. The van der Waals surface area contributed by atoms with Crippen LogP contribution in [0.1, 0.15) is 16.7 Å². The molecule has 15 heteroatoms. The van der Waals surface area contributed by atoms with E-state index in [1.165, 1.54) is 12.1 Å². The van der Waals surface area contributed by atoms with Crippen molar-refractivity contribution in [1.29, 1.82) is 0 Å². The standard InChI is InChI=1S/C33H33ClN8O6/c1-46-27-15-20(16-28(47-2)30(27)48-3)14-21-18-36-33(38-31(21)35)37-29-25-17-22(34)4-9-26(25)41(32(29)43)19-39-10-12-40(13-11-39)23-5-7-24(8-6-23)42(44)45/h4-9,15-18H,10-14,19H2,1-3H3,(H2,35,36,38)/b37-29-. The van der Waals surface area contributed by atoms with Gasteiger partial charge in [-0.1, -0.05) is 11.6 Å². The largest absolute Gasteiger partial charge is 0.493 e. The number of anilines is 3. The molecule has 0 saturated carbocycles. The van der Waals surface area contributed by atoms with Gasteiger partial charge in [-0.25, -0.2) is 9.98 Å². The molecule has 1 fully saturated rings. The number of fused-ring (bicyclic) bond motifs is 1. The van der Waals surface area contributed by atoms with Gasteiger partial charge in [-0.15, -0.1) is 0 Å². The minimum absolute atomic E-state index is 0.0500. The van der Waals surface area contributed by atoms with E-state index in [2.05, 4.69) is 24.8 Å². The zero-order valence-electron chi connectivity index (χ0n) is 26.6. The number of methoxy groups -OCH3 is 3. The van der Waals surface area contributed by atoms with E-state index in [1.807, 2.05) is 12.1 Å². The van der Waals surface area contributed by atoms with Crippen molar-refractivity contribution in [2.75, 3.05) is 69.7 Å². The number of nitrogen functional groups attached to an aromatic ring is 1. The van der Waals surface area contributed by atoms with Crippen LogP contribution in [0.5, 0.6) is 17.2 Å². The molecule has 48 heavy (non-hydrogen) atoms. The molecule has 248 valence electrons. The van der Waals surface area contributed by atoms with E-state index in [0.717, 1.165) is 11.3 Å². The first-order valence-corrected chi connectivity index (χ1v) is 15.4. The molecule has 3 heterocycles. The van der Waals surface area contributed by atoms with Gasteiger partial charge in [0, 0.05) is 72.8 Å². The van der Waals surface area contributed by atoms with Gasteiger partial charge < -0.3 is 24.8 Å². The lowest BCUT2D eigenvalue weighted by atomic mass is 10.1. The fraction of sp³-hybridized carbons (Fsp3) is 0.273. The molecule has 0 aliphatic carbocycles. The van der Waals surface area contributed by atoms with Gasteiger partial charge in [0.25, 0.3) is 17.5 Å². The zero-order valence-corrected chi connectivity index (χ0v) is 27.3. The minimum Gasteiger partial charge on any atom is -0.493 e. The Morgan fingerprint density at radius 1 is 0.979 bits per heavy atom. The number of halogens is 1. The number of aliphatic imine (C=N–C) groups is 1. The van der Waals surface area contributed by atoms with E-state index < -0.39 is 4.92 Å². The maximum absolute atomic E-state index is 13.8. The Bertz CT molecular complexity index is 1870. The van der Waals surface area contributed by atoms with Crippen LogP contribution in [-0.2, 0) is 11.2 Å². The number of nitrogens with two attached hydrogens (primary N) is 1. The molecule has 3 aromatic carbocycles. The van der Waals surface area contributed by atoms with Crippen molar-refractivity contribution < 1.29 is 23.9 Å². The second-order valence-corrected chi connectivity index (χ2v) is 11.6. The van der Waals surface area contributed by atoms with Crippen LogP contribution in [-0.4, -0.2) is 85.6 Å². The molecule has 1 aromatic heterocycles. The third-order valence-corrected chi connectivity index (χ3v) is 8.54. The normalized spacial score (nSPS) is 15.5. The maximum atomic E-state index is 13.8. The predicted octanol–water partition coefficient (Wildman–Crippen LogP) is 4.48. The fourth-order valence-electron chi connectivity index (χ4n) is 5.82. The van der Waals surface area contributed by atoms with Gasteiger partial charge >= 0.3 is 0 Å². The molecule has 4 aromatic rings. The third kappa shape index (κ3) is 6.52. The van der Waals surface area contributed by atoms with Crippen LogP contribution in [0.3, 0.4) is 0 Å². The molecule has 6 rings (SSSR count). The van der Waals surface area contributed by atoms with Crippen molar-refractivity contribution in [3.63, 3.8) is 0 Å². The molecule has 0 radical (unpaired) electrons. The summed E-state index contributed by atoms with van der Waals surface area (Å²) >= 11 is 6.35. The van der Waals surface area contributed by atoms with Crippen molar-refractivity contribution in [1.82, 2.24) is 14.9 Å². The quantitative estimate of drug-likeness (QED) is 0.187. The number of ether oxygens (including phenoxy) is 3. The second kappa shape index (κ2) is 13.7. The number of hydrogen-bond acceptors (Lipinski definition) is 12. The summed E-state index contributed by atoms with van der Waals surface area (Å²) in [6, 6.07) is 15.5. The van der Waals surface area contributed by atoms with Crippen molar-refractivity contribution in [3.8, 4) is 17.2 Å². The molecule has 1 amide bonds. The zero-order chi connectivity index (χ0) is 33.9. The number of nitro groups is 1. The van der Waals surface area contributed by atoms with Gasteiger partial charge in [0.2, 0.25) is 5.75 Å². The van der Waals surface area contributed by atoms with Crippen LogP contribution >= 0.6 is 11.6 Å². The van der Waals surface area contributed by atoms with Crippen LogP contribution in [0.25, 0.3) is 0 Å². The molecule has 0 atom stereocenters. The van der Waals surface area contributed by atoms with Crippen LogP contribution in [0.15, 0.2) is 65.8 Å². The molecule has 0 bridgehead atoms. The van der Waals surface area contributed by atoms with E-state index in [0.29, 0.717) is 78.4 Å². The van der Waals surface area contributed by atoms with E-state index in [-0.39, 0.29) is 29.1 Å². The number of non-ortho nitro benzene ring substituents is 1. The highest BCUT2D eigenvalue weighted by atomic mass is 35.5. The number of nitro benzene ring substituents is 1. The maximum Gasteiger partial charge on any atom is 0.278 e. The molecule has 2 N–H and O–H groups in total. The van der Waals surface area contributed by atoms with Crippen LogP contribution in [0.4, 0.5) is 28.8 Å². The first-order valence-electron chi connectivity index (χ1n) is 15.0. The number of carbonyl (C=O) groups is 1. The summed E-state index contributed by atoms with van der Waals surface area (Å²) in [5, 5.41) is 11.5. The molecular weight excluding hydrogens is 640 g/mol. The van der Waals surface area contributed by atoms with Crippen LogP contribution in [0.2, 0.25) is 5.02 Å². The van der Waals surface area contributed by atoms with Gasteiger partial charge in [0.05, 0.1) is 38.6 Å². The average Bonchev–Trinajstić information content (AvgIpc) is 3.34. The Morgan fingerprint density at radius 3 is 2.27 bits per heavy atom. The number of carbonyl (C=O) groups excluding carboxylic acids is 1. The Kier molecular flexibility index (Phi) is 9.28. The number of nitrogens with zero attached hydrogens (tertiary/aromatic N) is 7. The van der Waals surface area contributed by atoms with E-state index in [9.17, 15) is 14.9 Å².